The third-order valence-electron chi connectivity index (χ3n) is 3.62. The first-order chi connectivity index (χ1) is 13.2. The van der Waals surface area contributed by atoms with Crippen LogP contribution in [0.15, 0.2) is 48.5 Å². The van der Waals surface area contributed by atoms with Crippen LogP contribution in [0.4, 0.5) is 5.69 Å². The highest BCUT2D eigenvalue weighted by atomic mass is 32.2. The molecule has 8 heteroatoms. The topological polar surface area (TPSA) is 98.8 Å². The van der Waals surface area contributed by atoms with Gasteiger partial charge < -0.3 is 14.8 Å². The average Bonchev–Trinajstić information content (AvgIpc) is 2.61. The largest absolute Gasteiger partial charge is 0.497 e. The first-order valence-electron chi connectivity index (χ1n) is 8.63. The normalized spacial score (nSPS) is 11.1. The molecule has 2 aromatic carbocycles. The van der Waals surface area contributed by atoms with Crippen molar-refractivity contribution in [1.29, 1.82) is 0 Å². The minimum atomic E-state index is -3.72. The zero-order chi connectivity index (χ0) is 20.7. The van der Waals surface area contributed by atoms with Crippen molar-refractivity contribution in [2.24, 2.45) is 0 Å². The van der Waals surface area contributed by atoms with Crippen molar-refractivity contribution in [1.82, 2.24) is 0 Å². The molecule has 1 amide bonds. The molecule has 0 aliphatic carbocycles. The van der Waals surface area contributed by atoms with E-state index >= 15 is 0 Å². The predicted molar refractivity (Wildman–Crippen MR) is 106 cm³/mol. The fourth-order valence-electron chi connectivity index (χ4n) is 2.45. The van der Waals surface area contributed by atoms with Gasteiger partial charge in [0.05, 0.1) is 24.5 Å². The van der Waals surface area contributed by atoms with Crippen molar-refractivity contribution in [3.8, 4) is 5.75 Å². The molecule has 1 N–H and O–H groups in total. The molecule has 0 fully saturated rings. The summed E-state index contributed by atoms with van der Waals surface area (Å²) in [6.45, 7) is 3.46. The molecule has 0 spiro atoms. The van der Waals surface area contributed by atoms with Crippen LogP contribution in [0, 0.1) is 0 Å². The molecule has 7 nitrogen and oxygen atoms in total. The molecule has 0 bridgehead atoms. The van der Waals surface area contributed by atoms with Crippen molar-refractivity contribution >= 4 is 27.4 Å². The number of carbonyl (C=O) groups excluding carboxylic acids is 2. The number of rotatable bonds is 8. The smallest absolute Gasteiger partial charge is 0.338 e. The van der Waals surface area contributed by atoms with E-state index in [0.29, 0.717) is 17.0 Å². The number of hydrogen-bond acceptors (Lipinski definition) is 6. The van der Waals surface area contributed by atoms with E-state index in [4.69, 9.17) is 9.47 Å². The Morgan fingerprint density at radius 2 is 1.75 bits per heavy atom. The zero-order valence-electron chi connectivity index (χ0n) is 16.0. The molecule has 0 radical (unpaired) electrons. The number of nitrogens with one attached hydrogen (secondary N) is 1. The van der Waals surface area contributed by atoms with Gasteiger partial charge in [-0.15, -0.1) is 0 Å². The molecule has 0 atom stereocenters. The molecular formula is C20H23NO6S. The minimum absolute atomic E-state index is 0.268. The number of ether oxygens (including phenoxy) is 2. The Kier molecular flexibility index (Phi) is 7.17. The molecule has 150 valence electrons. The van der Waals surface area contributed by atoms with E-state index in [1.165, 1.54) is 13.2 Å². The molecule has 0 unspecified atom stereocenters. The SMILES string of the molecule is COc1ccc(NC(=O)CS(=O)(=O)Cc2cccc(C(=O)OC(C)C)c2)cc1. The summed E-state index contributed by atoms with van der Waals surface area (Å²) in [5.74, 6) is -1.56. The zero-order valence-corrected chi connectivity index (χ0v) is 16.8. The van der Waals surface area contributed by atoms with E-state index in [9.17, 15) is 18.0 Å². The van der Waals surface area contributed by atoms with Crippen molar-refractivity contribution < 1.29 is 27.5 Å². The van der Waals surface area contributed by atoms with Crippen molar-refractivity contribution in [2.45, 2.75) is 25.7 Å². The maximum absolute atomic E-state index is 12.4. The summed E-state index contributed by atoms with van der Waals surface area (Å²) < 4.78 is 34.9. The fourth-order valence-corrected chi connectivity index (χ4v) is 3.71. The van der Waals surface area contributed by atoms with Gasteiger partial charge in [-0.1, -0.05) is 12.1 Å². The summed E-state index contributed by atoms with van der Waals surface area (Å²) in [7, 11) is -2.20. The molecule has 28 heavy (non-hydrogen) atoms. The number of methoxy groups -OCH3 is 1. The van der Waals surface area contributed by atoms with E-state index < -0.39 is 27.5 Å². The molecule has 2 aromatic rings. The number of hydrogen-bond donors (Lipinski definition) is 1. The van der Waals surface area contributed by atoms with Crippen LogP contribution in [0.25, 0.3) is 0 Å². The Balaban J connectivity index is 2.00. The highest BCUT2D eigenvalue weighted by Gasteiger charge is 2.19. The molecule has 0 aromatic heterocycles. The first-order valence-corrected chi connectivity index (χ1v) is 10.4. The Morgan fingerprint density at radius 3 is 2.36 bits per heavy atom. The van der Waals surface area contributed by atoms with Gasteiger partial charge in [-0.25, -0.2) is 13.2 Å². The van der Waals surface area contributed by atoms with Gasteiger partial charge in [-0.3, -0.25) is 4.79 Å². The number of benzene rings is 2. The van der Waals surface area contributed by atoms with Crippen LogP contribution in [0.3, 0.4) is 0 Å². The fraction of sp³-hybridized carbons (Fsp3) is 0.300. The molecule has 0 saturated carbocycles. The van der Waals surface area contributed by atoms with E-state index in [2.05, 4.69) is 5.32 Å². The van der Waals surface area contributed by atoms with Crippen LogP contribution in [-0.2, 0) is 25.1 Å². The van der Waals surface area contributed by atoms with Crippen LogP contribution in [-0.4, -0.2) is 39.3 Å². The summed E-state index contributed by atoms with van der Waals surface area (Å²) in [6, 6.07) is 12.7. The van der Waals surface area contributed by atoms with E-state index in [1.807, 2.05) is 0 Å². The van der Waals surface area contributed by atoms with E-state index in [-0.39, 0.29) is 17.4 Å². The maximum atomic E-state index is 12.4. The summed E-state index contributed by atoms with van der Waals surface area (Å²) in [5, 5.41) is 2.54. The van der Waals surface area contributed by atoms with E-state index in [1.54, 1.807) is 56.3 Å². The number of esters is 1. The van der Waals surface area contributed by atoms with Gasteiger partial charge in [0.1, 0.15) is 11.5 Å². The lowest BCUT2D eigenvalue weighted by molar-refractivity contribution is -0.113. The molecule has 2 rings (SSSR count). The third kappa shape index (κ3) is 6.70. The van der Waals surface area contributed by atoms with Crippen LogP contribution >= 0.6 is 0 Å². The highest BCUT2D eigenvalue weighted by molar-refractivity contribution is 7.91. The average molecular weight is 405 g/mol. The second-order valence-corrected chi connectivity index (χ2v) is 8.53. The van der Waals surface area contributed by atoms with Crippen molar-refractivity contribution in [2.75, 3.05) is 18.2 Å². The van der Waals surface area contributed by atoms with Crippen molar-refractivity contribution in [3.05, 3.63) is 59.7 Å². The van der Waals surface area contributed by atoms with E-state index in [0.717, 1.165) is 0 Å². The predicted octanol–water partition coefficient (Wildman–Crippen LogP) is 2.81. The molecule has 0 aliphatic rings. The lowest BCUT2D eigenvalue weighted by Gasteiger charge is -2.10. The van der Waals surface area contributed by atoms with Gasteiger partial charge in [0.2, 0.25) is 5.91 Å². The van der Waals surface area contributed by atoms with Crippen molar-refractivity contribution in [3.63, 3.8) is 0 Å². The number of sulfone groups is 1. The Morgan fingerprint density at radius 1 is 1.07 bits per heavy atom. The van der Waals surface area contributed by atoms with Crippen LogP contribution in [0.5, 0.6) is 5.75 Å². The summed E-state index contributed by atoms with van der Waals surface area (Å²) >= 11 is 0. The molecule has 0 saturated heterocycles. The molecular weight excluding hydrogens is 382 g/mol. The van der Waals surface area contributed by atoms with Gasteiger partial charge in [-0.05, 0) is 55.8 Å². The van der Waals surface area contributed by atoms with Gasteiger partial charge in [0.25, 0.3) is 0 Å². The Labute approximate surface area is 164 Å². The third-order valence-corrected chi connectivity index (χ3v) is 5.09. The summed E-state index contributed by atoms with van der Waals surface area (Å²) in [5.41, 5.74) is 1.15. The molecule has 0 heterocycles. The number of carbonyl (C=O) groups is 2. The second-order valence-electron chi connectivity index (χ2n) is 6.46. The number of amides is 1. The lowest BCUT2D eigenvalue weighted by atomic mass is 10.1. The van der Waals surface area contributed by atoms with Gasteiger partial charge in [-0.2, -0.15) is 0 Å². The Hall–Kier alpha value is -2.87. The minimum Gasteiger partial charge on any atom is -0.497 e. The maximum Gasteiger partial charge on any atom is 0.338 e. The monoisotopic (exact) mass is 405 g/mol. The summed E-state index contributed by atoms with van der Waals surface area (Å²) in [4.78, 5) is 24.0. The number of anilines is 1. The van der Waals surface area contributed by atoms with Gasteiger partial charge >= 0.3 is 5.97 Å². The highest BCUT2D eigenvalue weighted by Crippen LogP contribution is 2.16. The standard InChI is InChI=1S/C20H23NO6S/c1-14(2)27-20(23)16-6-4-5-15(11-16)12-28(24,25)13-19(22)21-17-7-9-18(26-3)10-8-17/h4-11,14H,12-13H2,1-3H3,(H,21,22). The molecule has 0 aliphatic heterocycles. The van der Waals surface area contributed by atoms with Crippen LogP contribution < -0.4 is 10.1 Å². The first kappa shape index (κ1) is 21.4. The van der Waals surface area contributed by atoms with Gasteiger partial charge in [0.15, 0.2) is 9.84 Å². The lowest BCUT2D eigenvalue weighted by Crippen LogP contribution is -2.24. The van der Waals surface area contributed by atoms with Gasteiger partial charge in [0, 0.05) is 5.69 Å². The quantitative estimate of drug-likeness (QED) is 0.678. The van der Waals surface area contributed by atoms with Crippen LogP contribution in [0.1, 0.15) is 29.8 Å². The summed E-state index contributed by atoms with van der Waals surface area (Å²) in [6.07, 6.45) is -0.276. The second kappa shape index (κ2) is 9.36. The Bertz CT molecular complexity index is 935. The van der Waals surface area contributed by atoms with Crippen LogP contribution in [0.2, 0.25) is 0 Å².